The average Bonchev–Trinajstić information content (AvgIpc) is 2.67. The highest BCUT2D eigenvalue weighted by atomic mass is 16.2. The van der Waals surface area contributed by atoms with Gasteiger partial charge in [-0.1, -0.05) is 12.8 Å². The summed E-state index contributed by atoms with van der Waals surface area (Å²) in [6.07, 6.45) is 4.26. The Bertz CT molecular complexity index is 220. The van der Waals surface area contributed by atoms with Crippen molar-refractivity contribution in [3.63, 3.8) is 0 Å². The summed E-state index contributed by atoms with van der Waals surface area (Å²) >= 11 is 0. The van der Waals surface area contributed by atoms with Crippen LogP contribution in [0.4, 0.5) is 0 Å². The number of hydrogen-bond acceptors (Lipinski definition) is 2. The van der Waals surface area contributed by atoms with E-state index in [4.69, 9.17) is 5.73 Å². The maximum atomic E-state index is 12.4. The minimum absolute atomic E-state index is 0.236. The second-order valence-corrected chi connectivity index (χ2v) is 4.88. The van der Waals surface area contributed by atoms with Gasteiger partial charge in [-0.3, -0.25) is 4.79 Å². The van der Waals surface area contributed by atoms with Crippen LogP contribution in [-0.2, 0) is 4.79 Å². The SMILES string of the molecule is CCN(C(=O)C1(CN)CCCC1)C(C)C. The summed E-state index contributed by atoms with van der Waals surface area (Å²) in [6.45, 7) is 7.48. The van der Waals surface area contributed by atoms with Crippen LogP contribution in [0.3, 0.4) is 0 Å². The molecule has 3 heteroatoms. The van der Waals surface area contributed by atoms with Crippen LogP contribution >= 0.6 is 0 Å². The first-order valence-corrected chi connectivity index (χ1v) is 6.08. The first-order chi connectivity index (χ1) is 7.07. The third-order valence-corrected chi connectivity index (χ3v) is 3.63. The Morgan fingerprint density at radius 1 is 1.40 bits per heavy atom. The molecule has 15 heavy (non-hydrogen) atoms. The predicted molar refractivity (Wildman–Crippen MR) is 62.5 cm³/mol. The summed E-state index contributed by atoms with van der Waals surface area (Å²) in [5.74, 6) is 0.278. The summed E-state index contributed by atoms with van der Waals surface area (Å²) in [5.41, 5.74) is 5.58. The Kier molecular flexibility index (Phi) is 4.14. The van der Waals surface area contributed by atoms with Crippen molar-refractivity contribution >= 4 is 5.91 Å². The molecule has 1 aliphatic rings. The van der Waals surface area contributed by atoms with Gasteiger partial charge in [0.2, 0.25) is 5.91 Å². The summed E-state index contributed by atoms with van der Waals surface area (Å²) in [7, 11) is 0. The molecule has 0 aromatic heterocycles. The van der Waals surface area contributed by atoms with E-state index in [-0.39, 0.29) is 17.4 Å². The summed E-state index contributed by atoms with van der Waals surface area (Å²) < 4.78 is 0. The van der Waals surface area contributed by atoms with Crippen molar-refractivity contribution in [1.29, 1.82) is 0 Å². The zero-order chi connectivity index (χ0) is 11.5. The molecule has 0 unspecified atom stereocenters. The maximum Gasteiger partial charge on any atom is 0.230 e. The van der Waals surface area contributed by atoms with Gasteiger partial charge in [0.15, 0.2) is 0 Å². The normalized spacial score (nSPS) is 19.5. The molecule has 3 nitrogen and oxygen atoms in total. The highest BCUT2D eigenvalue weighted by Gasteiger charge is 2.42. The second kappa shape index (κ2) is 4.97. The molecule has 0 aromatic carbocycles. The zero-order valence-corrected chi connectivity index (χ0v) is 10.3. The van der Waals surface area contributed by atoms with E-state index in [2.05, 4.69) is 13.8 Å². The fourth-order valence-electron chi connectivity index (χ4n) is 2.60. The first kappa shape index (κ1) is 12.5. The number of carbonyl (C=O) groups is 1. The van der Waals surface area contributed by atoms with Gasteiger partial charge in [0.05, 0.1) is 5.41 Å². The molecule has 1 aliphatic carbocycles. The summed E-state index contributed by atoms with van der Waals surface area (Å²) in [5, 5.41) is 0. The van der Waals surface area contributed by atoms with Crippen LogP contribution in [0.1, 0.15) is 46.5 Å². The van der Waals surface area contributed by atoms with E-state index in [1.807, 2.05) is 11.8 Å². The molecule has 0 saturated heterocycles. The van der Waals surface area contributed by atoms with E-state index in [0.29, 0.717) is 6.54 Å². The number of nitrogens with zero attached hydrogens (tertiary/aromatic N) is 1. The molecule has 1 rings (SSSR count). The van der Waals surface area contributed by atoms with Crippen LogP contribution in [0.25, 0.3) is 0 Å². The Labute approximate surface area is 93.0 Å². The number of hydrogen-bond donors (Lipinski definition) is 1. The molecular weight excluding hydrogens is 188 g/mol. The highest BCUT2D eigenvalue weighted by molar-refractivity contribution is 5.83. The quantitative estimate of drug-likeness (QED) is 0.772. The van der Waals surface area contributed by atoms with Gasteiger partial charge in [0, 0.05) is 19.1 Å². The van der Waals surface area contributed by atoms with Gasteiger partial charge < -0.3 is 10.6 Å². The molecule has 0 spiro atoms. The van der Waals surface area contributed by atoms with Crippen LogP contribution in [-0.4, -0.2) is 29.9 Å². The van der Waals surface area contributed by atoms with E-state index in [1.54, 1.807) is 0 Å². The van der Waals surface area contributed by atoms with Crippen molar-refractivity contribution in [1.82, 2.24) is 4.90 Å². The van der Waals surface area contributed by atoms with Crippen molar-refractivity contribution in [3.8, 4) is 0 Å². The van der Waals surface area contributed by atoms with Crippen LogP contribution in [0.5, 0.6) is 0 Å². The molecule has 0 atom stereocenters. The largest absolute Gasteiger partial charge is 0.340 e. The zero-order valence-electron chi connectivity index (χ0n) is 10.3. The standard InChI is InChI=1S/C12H24N2O/c1-4-14(10(2)3)11(15)12(9-13)7-5-6-8-12/h10H,4-9,13H2,1-3H3. The number of amides is 1. The lowest BCUT2D eigenvalue weighted by Gasteiger charge is -2.35. The Hall–Kier alpha value is -0.570. The molecule has 0 aromatic rings. The monoisotopic (exact) mass is 212 g/mol. The molecule has 1 saturated carbocycles. The minimum Gasteiger partial charge on any atom is -0.340 e. The van der Waals surface area contributed by atoms with Crippen LogP contribution < -0.4 is 5.73 Å². The smallest absolute Gasteiger partial charge is 0.230 e. The second-order valence-electron chi connectivity index (χ2n) is 4.88. The minimum atomic E-state index is -0.236. The third-order valence-electron chi connectivity index (χ3n) is 3.63. The Balaban J connectivity index is 2.79. The maximum absolute atomic E-state index is 12.4. The average molecular weight is 212 g/mol. The van der Waals surface area contributed by atoms with E-state index < -0.39 is 0 Å². The fourth-order valence-corrected chi connectivity index (χ4v) is 2.60. The Morgan fingerprint density at radius 2 is 1.93 bits per heavy atom. The lowest BCUT2D eigenvalue weighted by Crippen LogP contribution is -2.49. The van der Waals surface area contributed by atoms with Crippen molar-refractivity contribution in [2.75, 3.05) is 13.1 Å². The third kappa shape index (κ3) is 2.33. The van der Waals surface area contributed by atoms with Crippen molar-refractivity contribution in [3.05, 3.63) is 0 Å². The topological polar surface area (TPSA) is 46.3 Å². The molecule has 0 heterocycles. The number of carbonyl (C=O) groups excluding carboxylic acids is 1. The van der Waals surface area contributed by atoms with Gasteiger partial charge in [-0.2, -0.15) is 0 Å². The van der Waals surface area contributed by atoms with Gasteiger partial charge >= 0.3 is 0 Å². The van der Waals surface area contributed by atoms with E-state index in [1.165, 1.54) is 0 Å². The first-order valence-electron chi connectivity index (χ1n) is 6.08. The van der Waals surface area contributed by atoms with Gasteiger partial charge in [0.25, 0.3) is 0 Å². The van der Waals surface area contributed by atoms with Gasteiger partial charge in [-0.15, -0.1) is 0 Å². The van der Waals surface area contributed by atoms with Gasteiger partial charge in [-0.05, 0) is 33.6 Å². The molecular formula is C12H24N2O. The molecule has 88 valence electrons. The van der Waals surface area contributed by atoms with Gasteiger partial charge in [0.1, 0.15) is 0 Å². The molecule has 2 N–H and O–H groups in total. The molecule has 0 aliphatic heterocycles. The summed E-state index contributed by atoms with van der Waals surface area (Å²) in [4.78, 5) is 14.4. The molecule has 1 fully saturated rings. The van der Waals surface area contributed by atoms with Crippen LogP contribution in [0, 0.1) is 5.41 Å². The van der Waals surface area contributed by atoms with Crippen LogP contribution in [0.2, 0.25) is 0 Å². The molecule has 1 amide bonds. The van der Waals surface area contributed by atoms with Gasteiger partial charge in [-0.25, -0.2) is 0 Å². The van der Waals surface area contributed by atoms with E-state index in [0.717, 1.165) is 32.2 Å². The summed E-state index contributed by atoms with van der Waals surface area (Å²) in [6, 6.07) is 0.284. The lowest BCUT2D eigenvalue weighted by molar-refractivity contribution is -0.143. The number of rotatable bonds is 4. The van der Waals surface area contributed by atoms with Crippen molar-refractivity contribution in [2.24, 2.45) is 11.1 Å². The predicted octanol–water partition coefficient (Wildman–Crippen LogP) is 1.76. The van der Waals surface area contributed by atoms with Crippen molar-refractivity contribution in [2.45, 2.75) is 52.5 Å². The van der Waals surface area contributed by atoms with E-state index in [9.17, 15) is 4.79 Å². The molecule has 0 radical (unpaired) electrons. The molecule has 0 bridgehead atoms. The fraction of sp³-hybridized carbons (Fsp3) is 0.917. The van der Waals surface area contributed by atoms with Crippen LogP contribution in [0.15, 0.2) is 0 Å². The highest BCUT2D eigenvalue weighted by Crippen LogP contribution is 2.39. The lowest BCUT2D eigenvalue weighted by atomic mass is 9.84. The van der Waals surface area contributed by atoms with Crippen molar-refractivity contribution < 1.29 is 4.79 Å². The number of nitrogens with two attached hydrogens (primary N) is 1. The Morgan fingerprint density at radius 3 is 2.27 bits per heavy atom. The van der Waals surface area contributed by atoms with E-state index >= 15 is 0 Å².